The van der Waals surface area contributed by atoms with Gasteiger partial charge in [-0.05, 0) is 56.0 Å². The number of ether oxygens (including phenoxy) is 2. The molecule has 5 rings (SSSR count). The van der Waals surface area contributed by atoms with E-state index in [0.717, 1.165) is 5.56 Å². The van der Waals surface area contributed by atoms with E-state index in [-0.39, 0.29) is 30.5 Å². The van der Waals surface area contributed by atoms with Gasteiger partial charge in [0.15, 0.2) is 17.3 Å². The summed E-state index contributed by atoms with van der Waals surface area (Å²) in [5.74, 6) is 0.483. The first-order valence-corrected chi connectivity index (χ1v) is 10.5. The average molecular weight is 431 g/mol. The summed E-state index contributed by atoms with van der Waals surface area (Å²) in [6, 6.07) is 9.11. The van der Waals surface area contributed by atoms with Crippen LogP contribution in [-0.2, 0) is 9.59 Å². The van der Waals surface area contributed by atoms with E-state index in [0.29, 0.717) is 53.3 Å². The zero-order valence-corrected chi connectivity index (χ0v) is 17.8. The van der Waals surface area contributed by atoms with Gasteiger partial charge in [-0.3, -0.25) is 14.4 Å². The molecule has 1 aromatic heterocycles. The van der Waals surface area contributed by atoms with Crippen molar-refractivity contribution in [3.63, 3.8) is 0 Å². The number of ketones is 1. The monoisotopic (exact) mass is 431 g/mol. The smallest absolute Gasteiger partial charge is 0.288 e. The van der Waals surface area contributed by atoms with Crippen LogP contribution in [0.1, 0.15) is 54.0 Å². The summed E-state index contributed by atoms with van der Waals surface area (Å²) in [5, 5.41) is 10.8. The van der Waals surface area contributed by atoms with Crippen molar-refractivity contribution < 1.29 is 19.1 Å². The SMILES string of the molecule is Cc1cc(C)n(N2C(=O)C[C@@H](c3ccc4c(c3)OCO4)C3=C2CCCC3=O)c(=O)c1C#N. The van der Waals surface area contributed by atoms with Gasteiger partial charge in [0.05, 0.1) is 5.70 Å². The second kappa shape index (κ2) is 7.38. The standard InChI is InChI=1S/C24H21N3O5/c1-13-8-14(2)26(24(30)17(13)11-25)27-18-4-3-5-19(28)23(18)16(10-22(27)29)15-6-7-20-21(9-15)32-12-31-20/h6-9,16H,3-5,10,12H2,1-2H3/t16-/m0/s1. The zero-order valence-electron chi connectivity index (χ0n) is 17.8. The van der Waals surface area contributed by atoms with Crippen molar-refractivity contribution >= 4 is 11.7 Å². The van der Waals surface area contributed by atoms with Gasteiger partial charge in [0.2, 0.25) is 12.7 Å². The van der Waals surface area contributed by atoms with Gasteiger partial charge in [-0.2, -0.15) is 5.26 Å². The summed E-state index contributed by atoms with van der Waals surface area (Å²) < 4.78 is 12.1. The second-order valence-corrected chi connectivity index (χ2v) is 8.28. The number of fused-ring (bicyclic) bond motifs is 1. The number of amides is 1. The normalized spacial score (nSPS) is 19.8. The molecule has 1 aromatic carbocycles. The van der Waals surface area contributed by atoms with Crippen LogP contribution in [0.4, 0.5) is 0 Å². The Morgan fingerprint density at radius 1 is 1.06 bits per heavy atom. The lowest BCUT2D eigenvalue weighted by Gasteiger charge is -2.39. The van der Waals surface area contributed by atoms with Crippen LogP contribution < -0.4 is 20.0 Å². The van der Waals surface area contributed by atoms with Crippen LogP contribution in [0.25, 0.3) is 0 Å². The molecular formula is C24H21N3O5. The molecule has 1 amide bonds. The third kappa shape index (κ3) is 2.93. The van der Waals surface area contributed by atoms with E-state index in [1.54, 1.807) is 26.0 Å². The fraction of sp³-hybridized carbons (Fsp3) is 0.333. The summed E-state index contributed by atoms with van der Waals surface area (Å²) in [5.41, 5.74) is 2.43. The molecule has 1 atom stereocenters. The van der Waals surface area contributed by atoms with E-state index >= 15 is 0 Å². The van der Waals surface area contributed by atoms with E-state index < -0.39 is 11.5 Å². The van der Waals surface area contributed by atoms with E-state index in [1.165, 1.54) is 9.69 Å². The van der Waals surface area contributed by atoms with Gasteiger partial charge in [-0.15, -0.1) is 0 Å². The molecular weight excluding hydrogens is 410 g/mol. The Labute approximate surface area is 184 Å². The maximum atomic E-state index is 13.4. The molecule has 0 N–H and O–H groups in total. The molecule has 0 unspecified atom stereocenters. The predicted octanol–water partition coefficient (Wildman–Crippen LogP) is 2.72. The minimum Gasteiger partial charge on any atom is -0.454 e. The number of carbonyl (C=O) groups is 2. The number of carbonyl (C=O) groups excluding carboxylic acids is 2. The Balaban J connectivity index is 1.70. The van der Waals surface area contributed by atoms with Gasteiger partial charge in [-0.25, -0.2) is 9.69 Å². The lowest BCUT2D eigenvalue weighted by atomic mass is 9.77. The summed E-state index contributed by atoms with van der Waals surface area (Å²) in [7, 11) is 0. The third-order valence-electron chi connectivity index (χ3n) is 6.32. The predicted molar refractivity (Wildman–Crippen MR) is 114 cm³/mol. The Hall–Kier alpha value is -3.86. The Bertz CT molecular complexity index is 1310. The van der Waals surface area contributed by atoms with Crippen molar-refractivity contribution in [3.8, 4) is 17.6 Å². The summed E-state index contributed by atoms with van der Waals surface area (Å²) in [6.07, 6.45) is 1.52. The lowest BCUT2D eigenvalue weighted by molar-refractivity contribution is -0.121. The molecule has 8 heteroatoms. The number of allylic oxidation sites excluding steroid dienone is 2. The molecule has 1 aliphatic carbocycles. The zero-order chi connectivity index (χ0) is 22.6. The number of hydrogen-bond donors (Lipinski definition) is 0. The number of aryl methyl sites for hydroxylation is 2. The van der Waals surface area contributed by atoms with Crippen LogP contribution in [0.15, 0.2) is 40.3 Å². The number of nitriles is 1. The highest BCUT2D eigenvalue weighted by Crippen LogP contribution is 2.43. The second-order valence-electron chi connectivity index (χ2n) is 8.28. The van der Waals surface area contributed by atoms with Crippen molar-refractivity contribution in [2.75, 3.05) is 11.8 Å². The fourth-order valence-corrected chi connectivity index (χ4v) is 4.89. The highest BCUT2D eigenvalue weighted by molar-refractivity contribution is 6.04. The number of hydrogen-bond acceptors (Lipinski definition) is 6. The molecule has 2 aliphatic heterocycles. The van der Waals surface area contributed by atoms with Crippen molar-refractivity contribution in [2.45, 2.75) is 45.4 Å². The van der Waals surface area contributed by atoms with E-state index in [4.69, 9.17) is 9.47 Å². The number of benzene rings is 1. The third-order valence-corrected chi connectivity index (χ3v) is 6.32. The maximum Gasteiger partial charge on any atom is 0.288 e. The van der Waals surface area contributed by atoms with Gasteiger partial charge in [-0.1, -0.05) is 6.07 Å². The van der Waals surface area contributed by atoms with Crippen LogP contribution in [-0.4, -0.2) is 23.2 Å². The first kappa shape index (κ1) is 20.1. The quantitative estimate of drug-likeness (QED) is 0.725. The summed E-state index contributed by atoms with van der Waals surface area (Å²) in [6.45, 7) is 3.55. The topological polar surface area (TPSA) is 102 Å². The Morgan fingerprint density at radius 2 is 1.84 bits per heavy atom. The number of nitrogens with zero attached hydrogens (tertiary/aromatic N) is 3. The molecule has 0 saturated carbocycles. The molecule has 162 valence electrons. The molecule has 3 heterocycles. The van der Waals surface area contributed by atoms with Crippen LogP contribution in [0.3, 0.4) is 0 Å². The Morgan fingerprint density at radius 3 is 2.62 bits per heavy atom. The molecule has 2 aromatic rings. The summed E-state index contributed by atoms with van der Waals surface area (Å²) >= 11 is 0. The van der Waals surface area contributed by atoms with Gasteiger partial charge in [0, 0.05) is 30.0 Å². The molecule has 32 heavy (non-hydrogen) atoms. The van der Waals surface area contributed by atoms with Crippen molar-refractivity contribution in [2.24, 2.45) is 0 Å². The lowest BCUT2D eigenvalue weighted by Crippen LogP contribution is -2.52. The van der Waals surface area contributed by atoms with E-state index in [9.17, 15) is 19.6 Å². The van der Waals surface area contributed by atoms with Crippen LogP contribution in [0, 0.1) is 25.2 Å². The van der Waals surface area contributed by atoms with Crippen LogP contribution in [0.2, 0.25) is 0 Å². The maximum absolute atomic E-state index is 13.4. The molecule has 0 radical (unpaired) electrons. The first-order valence-electron chi connectivity index (χ1n) is 10.5. The minimum absolute atomic E-state index is 0.00872. The molecule has 0 fully saturated rings. The first-order chi connectivity index (χ1) is 15.4. The van der Waals surface area contributed by atoms with Crippen molar-refractivity contribution in [1.29, 1.82) is 5.26 Å². The number of Topliss-reactive ketones (excluding diaryl/α,β-unsaturated/α-hetero) is 1. The largest absolute Gasteiger partial charge is 0.454 e. The highest BCUT2D eigenvalue weighted by atomic mass is 16.7. The molecule has 0 saturated heterocycles. The van der Waals surface area contributed by atoms with Gasteiger partial charge < -0.3 is 9.47 Å². The fourth-order valence-electron chi connectivity index (χ4n) is 4.89. The molecule has 0 spiro atoms. The Kier molecular flexibility index (Phi) is 4.63. The number of aromatic nitrogens is 1. The van der Waals surface area contributed by atoms with Gasteiger partial charge >= 0.3 is 0 Å². The van der Waals surface area contributed by atoms with Gasteiger partial charge in [0.1, 0.15) is 11.6 Å². The van der Waals surface area contributed by atoms with Crippen molar-refractivity contribution in [3.05, 3.63) is 68.3 Å². The van der Waals surface area contributed by atoms with E-state index in [2.05, 4.69) is 0 Å². The van der Waals surface area contributed by atoms with Crippen LogP contribution >= 0.6 is 0 Å². The number of rotatable bonds is 2. The number of pyridine rings is 1. The van der Waals surface area contributed by atoms with Crippen molar-refractivity contribution in [1.82, 2.24) is 4.68 Å². The average Bonchev–Trinajstić information content (AvgIpc) is 3.23. The molecule has 8 nitrogen and oxygen atoms in total. The molecule has 3 aliphatic rings. The van der Waals surface area contributed by atoms with Crippen LogP contribution in [0.5, 0.6) is 11.5 Å². The summed E-state index contributed by atoms with van der Waals surface area (Å²) in [4.78, 5) is 39.7. The minimum atomic E-state index is -0.551. The van der Waals surface area contributed by atoms with Gasteiger partial charge in [0.25, 0.3) is 5.56 Å². The highest BCUT2D eigenvalue weighted by Gasteiger charge is 2.41. The van der Waals surface area contributed by atoms with E-state index in [1.807, 2.05) is 18.2 Å². The molecule has 0 bridgehead atoms.